The highest BCUT2D eigenvalue weighted by atomic mass is 35.5. The number of carbonyl (C=O) groups is 2. The van der Waals surface area contributed by atoms with Gasteiger partial charge in [-0.2, -0.15) is 0 Å². The van der Waals surface area contributed by atoms with E-state index < -0.39 is 4.92 Å². The van der Waals surface area contributed by atoms with Crippen molar-refractivity contribution in [1.29, 1.82) is 0 Å². The second kappa shape index (κ2) is 6.27. The van der Waals surface area contributed by atoms with Gasteiger partial charge in [0.25, 0.3) is 5.69 Å². The minimum absolute atomic E-state index is 0.00756. The molecule has 144 valence electrons. The fourth-order valence-electron chi connectivity index (χ4n) is 5.54. The maximum atomic E-state index is 13.2. The van der Waals surface area contributed by atoms with Gasteiger partial charge in [0.2, 0.25) is 11.8 Å². The minimum atomic E-state index is -0.603. The van der Waals surface area contributed by atoms with E-state index in [9.17, 15) is 19.7 Å². The predicted molar refractivity (Wildman–Crippen MR) is 104 cm³/mol. The number of amides is 2. The number of halogens is 1. The van der Waals surface area contributed by atoms with Crippen molar-refractivity contribution >= 4 is 34.8 Å². The largest absolute Gasteiger partial charge is 0.289 e. The molecule has 1 saturated heterocycles. The zero-order valence-electron chi connectivity index (χ0n) is 15.1. The van der Waals surface area contributed by atoms with Gasteiger partial charge in [-0.25, -0.2) is 4.90 Å². The number of anilines is 1. The third-order valence-corrected chi connectivity index (χ3v) is 6.99. The average Bonchev–Trinajstić information content (AvgIpc) is 3.33. The van der Waals surface area contributed by atoms with Crippen LogP contribution in [0.5, 0.6) is 0 Å². The van der Waals surface area contributed by atoms with Crippen LogP contribution in [0.4, 0.5) is 11.4 Å². The molecule has 0 radical (unpaired) electrons. The summed E-state index contributed by atoms with van der Waals surface area (Å²) in [4.78, 5) is 38.2. The molecular weight excluding hydrogens is 380 g/mol. The molecular formula is C21H19ClN2O4. The van der Waals surface area contributed by atoms with Crippen LogP contribution in [0.2, 0.25) is 5.02 Å². The molecule has 2 amide bonds. The molecule has 0 unspecified atom stereocenters. The van der Waals surface area contributed by atoms with Crippen molar-refractivity contribution in [2.45, 2.75) is 32.1 Å². The lowest BCUT2D eigenvalue weighted by atomic mass is 9.85. The molecule has 1 aromatic rings. The Bertz CT molecular complexity index is 941. The van der Waals surface area contributed by atoms with Gasteiger partial charge >= 0.3 is 0 Å². The quantitative estimate of drug-likeness (QED) is 0.319. The van der Waals surface area contributed by atoms with Crippen LogP contribution in [0.3, 0.4) is 0 Å². The van der Waals surface area contributed by atoms with Crippen molar-refractivity contribution in [3.05, 3.63) is 56.6 Å². The molecule has 3 fully saturated rings. The molecule has 0 spiro atoms. The fourth-order valence-corrected chi connectivity index (χ4v) is 5.72. The number of fused-ring (bicyclic) bond motifs is 5. The van der Waals surface area contributed by atoms with E-state index in [1.54, 1.807) is 0 Å². The number of benzene rings is 1. The maximum Gasteiger partial charge on any atom is 0.289 e. The van der Waals surface area contributed by atoms with Crippen molar-refractivity contribution in [2.24, 2.45) is 23.7 Å². The van der Waals surface area contributed by atoms with E-state index in [1.807, 2.05) is 0 Å². The summed E-state index contributed by atoms with van der Waals surface area (Å²) in [7, 11) is 0. The average molecular weight is 399 g/mol. The lowest BCUT2D eigenvalue weighted by Crippen LogP contribution is -2.33. The number of carbonyl (C=O) groups excluding carboxylic acids is 2. The Kier molecular flexibility index (Phi) is 3.95. The first-order valence-electron chi connectivity index (χ1n) is 9.71. The minimum Gasteiger partial charge on any atom is -0.274 e. The van der Waals surface area contributed by atoms with Crippen molar-refractivity contribution in [3.8, 4) is 0 Å². The first-order chi connectivity index (χ1) is 13.5. The van der Waals surface area contributed by atoms with Gasteiger partial charge in [-0.1, -0.05) is 41.3 Å². The van der Waals surface area contributed by atoms with Gasteiger partial charge in [0, 0.05) is 17.9 Å². The Labute approximate surface area is 167 Å². The molecule has 1 heterocycles. The van der Waals surface area contributed by atoms with E-state index >= 15 is 0 Å². The van der Waals surface area contributed by atoms with Crippen LogP contribution in [0.15, 0.2) is 41.5 Å². The molecule has 28 heavy (non-hydrogen) atoms. The first-order valence-corrected chi connectivity index (χ1v) is 10.1. The van der Waals surface area contributed by atoms with Crippen LogP contribution in [-0.4, -0.2) is 16.7 Å². The van der Waals surface area contributed by atoms with Gasteiger partial charge in [0.05, 0.1) is 22.4 Å². The molecule has 4 aliphatic rings. The number of imide groups is 1. The third-order valence-electron chi connectivity index (χ3n) is 6.67. The summed E-state index contributed by atoms with van der Waals surface area (Å²) >= 11 is 5.88. The van der Waals surface area contributed by atoms with Crippen LogP contribution < -0.4 is 4.90 Å². The summed E-state index contributed by atoms with van der Waals surface area (Å²) in [5.74, 6) is -1.29. The smallest absolute Gasteiger partial charge is 0.274 e. The van der Waals surface area contributed by atoms with Crippen LogP contribution in [0.1, 0.15) is 32.1 Å². The van der Waals surface area contributed by atoms with Gasteiger partial charge in [0.1, 0.15) is 5.02 Å². The number of hydrogen-bond acceptors (Lipinski definition) is 4. The van der Waals surface area contributed by atoms with Crippen molar-refractivity contribution in [3.63, 3.8) is 0 Å². The highest BCUT2D eigenvalue weighted by molar-refractivity contribution is 6.33. The van der Waals surface area contributed by atoms with E-state index in [2.05, 4.69) is 12.2 Å². The molecule has 1 aromatic carbocycles. The Hall–Kier alpha value is -2.47. The molecule has 0 aromatic heterocycles. The van der Waals surface area contributed by atoms with Crippen molar-refractivity contribution < 1.29 is 14.5 Å². The van der Waals surface area contributed by atoms with E-state index in [0.29, 0.717) is 0 Å². The normalized spacial score (nSPS) is 31.1. The number of hydrogen-bond donors (Lipinski definition) is 0. The van der Waals surface area contributed by atoms with Crippen LogP contribution >= 0.6 is 11.6 Å². The standard InChI is InChI=1S/C21H19ClN2O4/c22-15-9-6-12(10-16(15)24(27)28)23-20(25)18-13-7-8-14(19(18)21(23)26)17(13)11-4-2-1-3-5-11/h6-10,13-14,18-19H,1-5H2/t13-,14-,18-,19+/m0/s1. The second-order valence-corrected chi connectivity index (χ2v) is 8.42. The number of nitro benzene ring substituents is 1. The monoisotopic (exact) mass is 398 g/mol. The Morgan fingerprint density at radius 1 is 1.00 bits per heavy atom. The lowest BCUT2D eigenvalue weighted by Gasteiger charge is -2.23. The topological polar surface area (TPSA) is 80.5 Å². The van der Waals surface area contributed by atoms with Gasteiger partial charge in [-0.05, 0) is 37.8 Å². The molecule has 0 N–H and O–H groups in total. The van der Waals surface area contributed by atoms with E-state index in [1.165, 1.54) is 48.6 Å². The highest BCUT2D eigenvalue weighted by Crippen LogP contribution is 2.58. The molecule has 5 rings (SSSR count). The number of rotatable bonds is 2. The van der Waals surface area contributed by atoms with E-state index in [4.69, 9.17) is 11.6 Å². The van der Waals surface area contributed by atoms with Crippen LogP contribution in [-0.2, 0) is 9.59 Å². The van der Waals surface area contributed by atoms with Gasteiger partial charge < -0.3 is 0 Å². The Balaban J connectivity index is 1.52. The first kappa shape index (κ1) is 17.6. The summed E-state index contributed by atoms with van der Waals surface area (Å²) in [6, 6.07) is 4.09. The lowest BCUT2D eigenvalue weighted by molar-refractivity contribution is -0.384. The van der Waals surface area contributed by atoms with Gasteiger partial charge in [0.15, 0.2) is 0 Å². The summed E-state index contributed by atoms with van der Waals surface area (Å²) in [5, 5.41) is 11.2. The Morgan fingerprint density at radius 3 is 2.18 bits per heavy atom. The summed E-state index contributed by atoms with van der Waals surface area (Å²) < 4.78 is 0. The third kappa shape index (κ3) is 2.33. The maximum absolute atomic E-state index is 13.2. The predicted octanol–water partition coefficient (Wildman–Crippen LogP) is 4.43. The van der Waals surface area contributed by atoms with Crippen LogP contribution in [0.25, 0.3) is 0 Å². The summed E-state index contributed by atoms with van der Waals surface area (Å²) in [6.07, 6.45) is 9.90. The number of allylic oxidation sites excluding steroid dienone is 4. The SMILES string of the molecule is O=C1[C@@H]2[C@H](C(=O)N1c1ccc(Cl)c([N+](=O)[O-])c1)[C@H]1C=C[C@H]2C1=C1CCCCC1. The molecule has 7 heteroatoms. The molecule has 1 aliphatic heterocycles. The zero-order valence-corrected chi connectivity index (χ0v) is 15.9. The molecule has 2 bridgehead atoms. The Morgan fingerprint density at radius 2 is 1.61 bits per heavy atom. The van der Waals surface area contributed by atoms with Crippen molar-refractivity contribution in [2.75, 3.05) is 4.90 Å². The summed E-state index contributed by atoms with van der Waals surface area (Å²) in [6.45, 7) is 0. The number of nitro groups is 1. The molecule has 4 atom stereocenters. The molecule has 3 aliphatic carbocycles. The van der Waals surface area contributed by atoms with Gasteiger partial charge in [-0.3, -0.25) is 19.7 Å². The fraction of sp³-hybridized carbons (Fsp3) is 0.429. The molecule has 6 nitrogen and oxygen atoms in total. The van der Waals surface area contributed by atoms with E-state index in [0.717, 1.165) is 17.7 Å². The van der Waals surface area contributed by atoms with Gasteiger partial charge in [-0.15, -0.1) is 0 Å². The van der Waals surface area contributed by atoms with E-state index in [-0.39, 0.29) is 51.9 Å². The van der Waals surface area contributed by atoms with Crippen LogP contribution in [0, 0.1) is 33.8 Å². The second-order valence-electron chi connectivity index (χ2n) is 8.01. The molecule has 2 saturated carbocycles. The highest BCUT2D eigenvalue weighted by Gasteiger charge is 2.62. The zero-order chi connectivity index (χ0) is 19.6. The summed E-state index contributed by atoms with van der Waals surface area (Å²) in [5.41, 5.74) is 2.67. The van der Waals surface area contributed by atoms with Crippen molar-refractivity contribution in [1.82, 2.24) is 0 Å². The number of nitrogens with zero attached hydrogens (tertiary/aromatic N) is 2.